The van der Waals surface area contributed by atoms with Crippen molar-refractivity contribution in [2.45, 2.75) is 25.1 Å². The van der Waals surface area contributed by atoms with Crippen LogP contribution in [-0.2, 0) is 12.0 Å². The van der Waals surface area contributed by atoms with Crippen LogP contribution in [0.4, 0.5) is 13.2 Å². The van der Waals surface area contributed by atoms with Crippen molar-refractivity contribution in [1.82, 2.24) is 5.32 Å². The third-order valence-corrected chi connectivity index (χ3v) is 4.44. The molecule has 1 N–H and O–H groups in total. The highest BCUT2D eigenvalue weighted by Crippen LogP contribution is 2.42. The van der Waals surface area contributed by atoms with E-state index in [1.54, 1.807) is 18.2 Å². The Kier molecular flexibility index (Phi) is 3.10. The second-order valence-electron chi connectivity index (χ2n) is 5.58. The Hall–Kier alpha value is -1.81. The second-order valence-corrected chi connectivity index (χ2v) is 5.58. The van der Waals surface area contributed by atoms with Crippen molar-refractivity contribution in [3.8, 4) is 11.1 Å². The van der Waals surface area contributed by atoms with E-state index in [9.17, 15) is 13.2 Å². The largest absolute Gasteiger partial charge is 0.410 e. The fourth-order valence-corrected chi connectivity index (χ4v) is 2.91. The van der Waals surface area contributed by atoms with Gasteiger partial charge >= 0.3 is 6.18 Å². The smallest absolute Gasteiger partial charge is 0.303 e. The van der Waals surface area contributed by atoms with Gasteiger partial charge in [-0.05, 0) is 48.2 Å². The van der Waals surface area contributed by atoms with Gasteiger partial charge in [-0.2, -0.15) is 13.2 Å². The molecular formula is C17H16F3N. The second kappa shape index (κ2) is 4.60. The quantitative estimate of drug-likeness (QED) is 0.744. The standard InChI is InChI=1S/C17H16F3N/c1-16(21-2,17(18,19)20)13-7-8-15-12(10-13)9-11-5-3-4-6-14(11)15/h3-8,10,21H,9H2,1-2H3. The molecule has 1 aliphatic carbocycles. The third-order valence-electron chi connectivity index (χ3n) is 4.44. The monoisotopic (exact) mass is 291 g/mol. The van der Waals surface area contributed by atoms with Crippen LogP contribution in [0, 0.1) is 0 Å². The van der Waals surface area contributed by atoms with Crippen LogP contribution in [0.25, 0.3) is 11.1 Å². The number of fused-ring (bicyclic) bond motifs is 3. The molecule has 0 aromatic heterocycles. The molecule has 0 saturated carbocycles. The number of alkyl halides is 3. The molecule has 0 saturated heterocycles. The van der Waals surface area contributed by atoms with Gasteiger partial charge < -0.3 is 5.32 Å². The average molecular weight is 291 g/mol. The molecule has 21 heavy (non-hydrogen) atoms. The summed E-state index contributed by atoms with van der Waals surface area (Å²) in [6, 6.07) is 13.0. The van der Waals surface area contributed by atoms with E-state index < -0.39 is 11.7 Å². The minimum absolute atomic E-state index is 0.254. The molecule has 0 spiro atoms. The summed E-state index contributed by atoms with van der Waals surface area (Å²) < 4.78 is 40.0. The first-order valence-corrected chi connectivity index (χ1v) is 6.84. The number of rotatable bonds is 2. The highest BCUT2D eigenvalue weighted by atomic mass is 19.4. The molecule has 1 aliphatic rings. The van der Waals surface area contributed by atoms with Gasteiger partial charge in [0.05, 0.1) is 0 Å². The van der Waals surface area contributed by atoms with Crippen LogP contribution in [0.15, 0.2) is 42.5 Å². The molecule has 110 valence electrons. The Morgan fingerprint density at radius 3 is 2.29 bits per heavy atom. The SMILES string of the molecule is CNC(C)(c1ccc2c(c1)Cc1ccccc1-2)C(F)(F)F. The summed E-state index contributed by atoms with van der Waals surface area (Å²) in [6.45, 7) is 1.18. The van der Waals surface area contributed by atoms with Crippen molar-refractivity contribution >= 4 is 0 Å². The Morgan fingerprint density at radius 1 is 0.952 bits per heavy atom. The normalized spacial score (nSPS) is 16.2. The molecular weight excluding hydrogens is 275 g/mol. The van der Waals surface area contributed by atoms with Crippen molar-refractivity contribution in [1.29, 1.82) is 0 Å². The summed E-state index contributed by atoms with van der Waals surface area (Å²) in [5.74, 6) is 0. The lowest BCUT2D eigenvalue weighted by molar-refractivity contribution is -0.193. The zero-order chi connectivity index (χ0) is 15.3. The lowest BCUT2D eigenvalue weighted by Gasteiger charge is -2.32. The number of benzene rings is 2. The zero-order valence-electron chi connectivity index (χ0n) is 11.9. The molecule has 0 heterocycles. The van der Waals surface area contributed by atoms with Gasteiger partial charge in [0.25, 0.3) is 0 Å². The van der Waals surface area contributed by atoms with Gasteiger partial charge in [0.1, 0.15) is 5.54 Å². The first-order valence-electron chi connectivity index (χ1n) is 6.84. The summed E-state index contributed by atoms with van der Waals surface area (Å²) in [4.78, 5) is 0. The molecule has 1 atom stereocenters. The summed E-state index contributed by atoms with van der Waals surface area (Å²) in [6.07, 6.45) is -3.65. The highest BCUT2D eigenvalue weighted by molar-refractivity contribution is 5.77. The van der Waals surface area contributed by atoms with Crippen LogP contribution in [0.2, 0.25) is 0 Å². The van der Waals surface area contributed by atoms with E-state index in [4.69, 9.17) is 0 Å². The molecule has 1 nitrogen and oxygen atoms in total. The van der Waals surface area contributed by atoms with Gasteiger partial charge in [0.15, 0.2) is 0 Å². The topological polar surface area (TPSA) is 12.0 Å². The number of halogens is 3. The molecule has 1 unspecified atom stereocenters. The highest BCUT2D eigenvalue weighted by Gasteiger charge is 2.51. The van der Waals surface area contributed by atoms with Crippen LogP contribution in [0.3, 0.4) is 0 Å². The van der Waals surface area contributed by atoms with Gasteiger partial charge in [-0.25, -0.2) is 0 Å². The Labute approximate surface area is 121 Å². The summed E-state index contributed by atoms with van der Waals surface area (Å²) in [5, 5.41) is 2.42. The van der Waals surface area contributed by atoms with E-state index in [0.29, 0.717) is 6.42 Å². The fourth-order valence-electron chi connectivity index (χ4n) is 2.91. The Bertz CT molecular complexity index is 691. The van der Waals surface area contributed by atoms with Gasteiger partial charge in [-0.15, -0.1) is 0 Å². The molecule has 3 rings (SSSR count). The summed E-state index contributed by atoms with van der Waals surface area (Å²) >= 11 is 0. The Morgan fingerprint density at radius 2 is 1.62 bits per heavy atom. The van der Waals surface area contributed by atoms with E-state index in [1.807, 2.05) is 24.3 Å². The van der Waals surface area contributed by atoms with Crippen LogP contribution in [0.1, 0.15) is 23.6 Å². The average Bonchev–Trinajstić information content (AvgIpc) is 2.82. The van der Waals surface area contributed by atoms with E-state index in [0.717, 1.165) is 16.7 Å². The van der Waals surface area contributed by atoms with Crippen molar-refractivity contribution in [2.75, 3.05) is 7.05 Å². The molecule has 2 aromatic carbocycles. The van der Waals surface area contributed by atoms with Crippen LogP contribution >= 0.6 is 0 Å². The van der Waals surface area contributed by atoms with Crippen LogP contribution < -0.4 is 5.32 Å². The van der Waals surface area contributed by atoms with Gasteiger partial charge in [0.2, 0.25) is 0 Å². The van der Waals surface area contributed by atoms with Crippen LogP contribution in [0.5, 0.6) is 0 Å². The van der Waals surface area contributed by atoms with E-state index in [-0.39, 0.29) is 5.56 Å². The Balaban J connectivity index is 2.09. The molecule has 0 amide bonds. The maximum Gasteiger partial charge on any atom is 0.410 e. The van der Waals surface area contributed by atoms with Crippen molar-refractivity contribution in [3.63, 3.8) is 0 Å². The number of hydrogen-bond acceptors (Lipinski definition) is 1. The predicted molar refractivity (Wildman–Crippen MR) is 77.2 cm³/mol. The van der Waals surface area contributed by atoms with Gasteiger partial charge in [-0.3, -0.25) is 0 Å². The first kappa shape index (κ1) is 14.1. The molecule has 0 bridgehead atoms. The van der Waals surface area contributed by atoms with E-state index in [2.05, 4.69) is 5.32 Å². The maximum absolute atomic E-state index is 13.3. The van der Waals surface area contributed by atoms with Crippen molar-refractivity contribution in [2.24, 2.45) is 0 Å². The predicted octanol–water partition coefficient (Wildman–Crippen LogP) is 4.25. The van der Waals surface area contributed by atoms with E-state index >= 15 is 0 Å². The summed E-state index contributed by atoms with van der Waals surface area (Å²) in [5.41, 5.74) is 2.51. The van der Waals surface area contributed by atoms with E-state index in [1.165, 1.54) is 19.5 Å². The van der Waals surface area contributed by atoms with Gasteiger partial charge in [0, 0.05) is 0 Å². The molecule has 4 heteroatoms. The lowest BCUT2D eigenvalue weighted by Crippen LogP contribution is -2.49. The third kappa shape index (κ3) is 2.05. The zero-order valence-corrected chi connectivity index (χ0v) is 11.9. The first-order chi connectivity index (χ1) is 9.87. The van der Waals surface area contributed by atoms with Crippen molar-refractivity contribution < 1.29 is 13.2 Å². The molecule has 2 aromatic rings. The van der Waals surface area contributed by atoms with Crippen molar-refractivity contribution in [3.05, 3.63) is 59.2 Å². The molecule has 0 fully saturated rings. The fraction of sp³-hybridized carbons (Fsp3) is 0.294. The number of nitrogens with one attached hydrogen (secondary N) is 1. The summed E-state index contributed by atoms with van der Waals surface area (Å²) in [7, 11) is 1.34. The number of hydrogen-bond donors (Lipinski definition) is 1. The lowest BCUT2D eigenvalue weighted by atomic mass is 9.89. The van der Waals surface area contributed by atoms with Gasteiger partial charge in [-0.1, -0.05) is 42.5 Å². The maximum atomic E-state index is 13.3. The minimum Gasteiger partial charge on any atom is -0.303 e. The molecule has 0 aliphatic heterocycles. The van der Waals surface area contributed by atoms with Crippen LogP contribution in [-0.4, -0.2) is 13.2 Å². The minimum atomic E-state index is -4.35. The molecule has 0 radical (unpaired) electrons.